The minimum Gasteiger partial charge on any atom is -0.368 e. The summed E-state index contributed by atoms with van der Waals surface area (Å²) in [5.41, 5.74) is 0. The van der Waals surface area contributed by atoms with Gasteiger partial charge in [-0.25, -0.2) is 0 Å². The fourth-order valence-corrected chi connectivity index (χ4v) is 2.04. The first-order valence-corrected chi connectivity index (χ1v) is 6.06. The standard InChI is InChI=1S/C12H19NO3/c1-13(9-2-3-9)12(15)8-16-11-6-4-10(14)5-7-11/h9,11H,2-8H2,1H3. The summed E-state index contributed by atoms with van der Waals surface area (Å²) in [4.78, 5) is 24.5. The Balaban J connectivity index is 1.66. The second kappa shape index (κ2) is 4.95. The molecule has 0 atom stereocenters. The maximum absolute atomic E-state index is 11.7. The van der Waals surface area contributed by atoms with Crippen LogP contribution in [0, 0.1) is 0 Å². The first-order valence-electron chi connectivity index (χ1n) is 6.06. The van der Waals surface area contributed by atoms with Crippen LogP contribution in [0.3, 0.4) is 0 Å². The molecule has 2 rings (SSSR count). The smallest absolute Gasteiger partial charge is 0.248 e. The van der Waals surface area contributed by atoms with Crippen molar-refractivity contribution in [1.82, 2.24) is 4.90 Å². The molecule has 16 heavy (non-hydrogen) atoms. The van der Waals surface area contributed by atoms with Gasteiger partial charge in [-0.2, -0.15) is 0 Å². The van der Waals surface area contributed by atoms with Crippen LogP contribution in [0.15, 0.2) is 0 Å². The summed E-state index contributed by atoms with van der Waals surface area (Å²) in [7, 11) is 1.84. The van der Waals surface area contributed by atoms with Gasteiger partial charge in [0.25, 0.3) is 0 Å². The quantitative estimate of drug-likeness (QED) is 0.720. The first-order chi connectivity index (χ1) is 7.66. The van der Waals surface area contributed by atoms with Gasteiger partial charge in [0.1, 0.15) is 12.4 Å². The molecule has 0 N–H and O–H groups in total. The van der Waals surface area contributed by atoms with Crippen LogP contribution in [-0.4, -0.2) is 42.4 Å². The monoisotopic (exact) mass is 225 g/mol. The van der Waals surface area contributed by atoms with Crippen molar-refractivity contribution in [2.24, 2.45) is 0 Å². The van der Waals surface area contributed by atoms with E-state index in [1.165, 1.54) is 0 Å². The molecule has 0 bridgehead atoms. The average molecular weight is 225 g/mol. The van der Waals surface area contributed by atoms with Gasteiger partial charge in [0.05, 0.1) is 6.10 Å². The Labute approximate surface area is 95.9 Å². The summed E-state index contributed by atoms with van der Waals surface area (Å²) in [5.74, 6) is 0.390. The van der Waals surface area contributed by atoms with Crippen molar-refractivity contribution in [1.29, 1.82) is 0 Å². The molecular weight excluding hydrogens is 206 g/mol. The normalized spacial score (nSPS) is 22.2. The third-order valence-electron chi connectivity index (χ3n) is 3.42. The van der Waals surface area contributed by atoms with Crippen molar-refractivity contribution >= 4 is 11.7 Å². The average Bonchev–Trinajstić information content (AvgIpc) is 3.11. The van der Waals surface area contributed by atoms with Gasteiger partial charge < -0.3 is 9.64 Å². The minimum atomic E-state index is 0.0689. The summed E-state index contributed by atoms with van der Waals surface area (Å²) in [6, 6.07) is 0.448. The third kappa shape index (κ3) is 3.04. The van der Waals surface area contributed by atoms with E-state index in [1.54, 1.807) is 4.90 Å². The van der Waals surface area contributed by atoms with Crippen molar-refractivity contribution in [3.63, 3.8) is 0 Å². The molecule has 90 valence electrons. The van der Waals surface area contributed by atoms with Gasteiger partial charge in [-0.1, -0.05) is 0 Å². The molecule has 1 amide bonds. The van der Waals surface area contributed by atoms with Crippen LogP contribution in [0.25, 0.3) is 0 Å². The van der Waals surface area contributed by atoms with E-state index >= 15 is 0 Å². The number of nitrogens with zero attached hydrogens (tertiary/aromatic N) is 1. The van der Waals surface area contributed by atoms with Gasteiger partial charge in [0.2, 0.25) is 5.91 Å². The van der Waals surface area contributed by atoms with Crippen LogP contribution in [-0.2, 0) is 14.3 Å². The highest BCUT2D eigenvalue weighted by molar-refractivity contribution is 5.79. The zero-order valence-electron chi connectivity index (χ0n) is 9.78. The summed E-state index contributed by atoms with van der Waals surface area (Å²) in [6.07, 6.45) is 5.13. The van der Waals surface area contributed by atoms with Crippen LogP contribution < -0.4 is 0 Å². The number of likely N-dealkylation sites (N-methyl/N-ethyl adjacent to an activating group) is 1. The molecule has 2 aliphatic carbocycles. The van der Waals surface area contributed by atoms with Crippen molar-refractivity contribution in [2.75, 3.05) is 13.7 Å². The number of hydrogen-bond acceptors (Lipinski definition) is 3. The van der Waals surface area contributed by atoms with E-state index in [4.69, 9.17) is 4.74 Å². The predicted octanol–water partition coefficient (Wildman–Crippen LogP) is 1.14. The first kappa shape index (κ1) is 11.6. The van der Waals surface area contributed by atoms with E-state index in [-0.39, 0.29) is 18.6 Å². The van der Waals surface area contributed by atoms with Crippen LogP contribution in [0.2, 0.25) is 0 Å². The van der Waals surface area contributed by atoms with E-state index in [0.29, 0.717) is 24.7 Å². The number of ketones is 1. The summed E-state index contributed by atoms with van der Waals surface area (Å²) in [5, 5.41) is 0. The zero-order chi connectivity index (χ0) is 11.5. The maximum Gasteiger partial charge on any atom is 0.248 e. The largest absolute Gasteiger partial charge is 0.368 e. The Morgan fingerprint density at radius 3 is 2.50 bits per heavy atom. The summed E-state index contributed by atoms with van der Waals surface area (Å²) >= 11 is 0. The third-order valence-corrected chi connectivity index (χ3v) is 3.42. The van der Waals surface area contributed by atoms with Crippen molar-refractivity contribution in [2.45, 2.75) is 50.7 Å². The van der Waals surface area contributed by atoms with E-state index < -0.39 is 0 Å². The fourth-order valence-electron chi connectivity index (χ4n) is 2.04. The van der Waals surface area contributed by atoms with Gasteiger partial charge in [0, 0.05) is 25.9 Å². The molecule has 0 saturated heterocycles. The lowest BCUT2D eigenvalue weighted by atomic mass is 9.96. The van der Waals surface area contributed by atoms with E-state index in [2.05, 4.69) is 0 Å². The van der Waals surface area contributed by atoms with Crippen molar-refractivity contribution < 1.29 is 14.3 Å². The number of ether oxygens (including phenoxy) is 1. The number of carbonyl (C=O) groups excluding carboxylic acids is 2. The van der Waals surface area contributed by atoms with Gasteiger partial charge in [0.15, 0.2) is 0 Å². The second-order valence-electron chi connectivity index (χ2n) is 4.78. The molecule has 0 aromatic heterocycles. The fraction of sp³-hybridized carbons (Fsp3) is 0.833. The van der Waals surface area contributed by atoms with Gasteiger partial charge in [-0.3, -0.25) is 9.59 Å². The lowest BCUT2D eigenvalue weighted by molar-refractivity contribution is -0.138. The highest BCUT2D eigenvalue weighted by Crippen LogP contribution is 2.25. The van der Waals surface area contributed by atoms with Gasteiger partial charge in [-0.15, -0.1) is 0 Å². The van der Waals surface area contributed by atoms with E-state index in [9.17, 15) is 9.59 Å². The molecule has 2 aliphatic rings. The molecule has 0 heterocycles. The van der Waals surface area contributed by atoms with Gasteiger partial charge >= 0.3 is 0 Å². The number of hydrogen-bond donors (Lipinski definition) is 0. The van der Waals surface area contributed by atoms with E-state index in [0.717, 1.165) is 25.7 Å². The molecule has 0 unspecified atom stereocenters. The van der Waals surface area contributed by atoms with Crippen LogP contribution in [0.1, 0.15) is 38.5 Å². The van der Waals surface area contributed by atoms with Crippen molar-refractivity contribution in [3.05, 3.63) is 0 Å². The SMILES string of the molecule is CN(C(=O)COC1CCC(=O)CC1)C1CC1. The summed E-state index contributed by atoms with van der Waals surface area (Å²) < 4.78 is 5.55. The van der Waals surface area contributed by atoms with Crippen LogP contribution >= 0.6 is 0 Å². The molecule has 0 aromatic carbocycles. The summed E-state index contributed by atoms with van der Waals surface area (Å²) in [6.45, 7) is 0.172. The van der Waals surface area contributed by atoms with Crippen LogP contribution in [0.4, 0.5) is 0 Å². The lowest BCUT2D eigenvalue weighted by Gasteiger charge is -2.23. The molecule has 0 aromatic rings. The topological polar surface area (TPSA) is 46.6 Å². The van der Waals surface area contributed by atoms with E-state index in [1.807, 2.05) is 7.05 Å². The molecule has 4 nitrogen and oxygen atoms in total. The Kier molecular flexibility index (Phi) is 3.59. The Hall–Kier alpha value is -0.900. The molecule has 4 heteroatoms. The maximum atomic E-state index is 11.7. The van der Waals surface area contributed by atoms with Crippen LogP contribution in [0.5, 0.6) is 0 Å². The molecule has 0 aliphatic heterocycles. The molecule has 2 saturated carbocycles. The second-order valence-corrected chi connectivity index (χ2v) is 4.78. The number of amides is 1. The Bertz CT molecular complexity index is 276. The number of rotatable bonds is 4. The number of Topliss-reactive ketones (excluding diaryl/α,β-unsaturated/α-hetero) is 1. The lowest BCUT2D eigenvalue weighted by Crippen LogP contribution is -2.34. The van der Waals surface area contributed by atoms with Crippen molar-refractivity contribution in [3.8, 4) is 0 Å². The molecule has 2 fully saturated rings. The van der Waals surface area contributed by atoms with Gasteiger partial charge in [-0.05, 0) is 25.7 Å². The highest BCUT2D eigenvalue weighted by atomic mass is 16.5. The Morgan fingerprint density at radius 2 is 1.94 bits per heavy atom. The number of carbonyl (C=O) groups is 2. The minimum absolute atomic E-state index is 0.0689. The zero-order valence-corrected chi connectivity index (χ0v) is 9.78. The predicted molar refractivity (Wildman–Crippen MR) is 59.0 cm³/mol. The molecule has 0 spiro atoms. The Morgan fingerprint density at radius 1 is 1.31 bits per heavy atom. The molecular formula is C12H19NO3. The highest BCUT2D eigenvalue weighted by Gasteiger charge is 2.30. The molecule has 0 radical (unpaired) electrons.